The van der Waals surface area contributed by atoms with Crippen molar-refractivity contribution in [2.75, 3.05) is 39.3 Å². The van der Waals surface area contributed by atoms with Gasteiger partial charge in [-0.25, -0.2) is 8.42 Å². The van der Waals surface area contributed by atoms with Crippen LogP contribution >= 0.6 is 0 Å². The molecule has 0 aliphatic carbocycles. The molecule has 2 saturated heterocycles. The maximum atomic E-state index is 12.9. The molecule has 2 aliphatic heterocycles. The van der Waals surface area contributed by atoms with E-state index < -0.39 is 21.8 Å². The van der Waals surface area contributed by atoms with Crippen LogP contribution in [0.4, 0.5) is 13.2 Å². The number of benzene rings is 1. The summed E-state index contributed by atoms with van der Waals surface area (Å²) in [5.41, 5.74) is -0.994. The second kappa shape index (κ2) is 9.65. The van der Waals surface area contributed by atoms with Crippen LogP contribution in [0.2, 0.25) is 0 Å². The van der Waals surface area contributed by atoms with Crippen LogP contribution in [0.25, 0.3) is 0 Å². The van der Waals surface area contributed by atoms with Gasteiger partial charge in [0, 0.05) is 32.1 Å². The van der Waals surface area contributed by atoms with E-state index >= 15 is 0 Å². The van der Waals surface area contributed by atoms with Crippen molar-refractivity contribution in [3.05, 3.63) is 29.8 Å². The number of alkyl halides is 3. The third-order valence-electron chi connectivity index (χ3n) is 5.80. The third-order valence-corrected chi connectivity index (χ3v) is 7.69. The molecule has 1 amide bonds. The highest BCUT2D eigenvalue weighted by Gasteiger charge is 2.35. The number of amides is 1. The molecule has 3 rings (SSSR count). The quantitative estimate of drug-likeness (QED) is 0.728. The van der Waals surface area contributed by atoms with Gasteiger partial charge in [-0.3, -0.25) is 4.79 Å². The Kier molecular flexibility index (Phi) is 7.41. The van der Waals surface area contributed by atoms with E-state index in [1.807, 2.05) is 0 Å². The van der Waals surface area contributed by atoms with Gasteiger partial charge in [-0.15, -0.1) is 0 Å². The number of piperidine rings is 2. The van der Waals surface area contributed by atoms with Gasteiger partial charge < -0.3 is 10.2 Å². The predicted molar refractivity (Wildman–Crippen MR) is 106 cm³/mol. The van der Waals surface area contributed by atoms with E-state index in [-0.39, 0.29) is 29.8 Å². The normalized spacial score (nSPS) is 20.2. The van der Waals surface area contributed by atoms with E-state index in [9.17, 15) is 26.4 Å². The fourth-order valence-corrected chi connectivity index (χ4v) is 5.52. The van der Waals surface area contributed by atoms with Gasteiger partial charge in [0.25, 0.3) is 0 Å². The van der Waals surface area contributed by atoms with Crippen LogP contribution in [-0.4, -0.2) is 62.8 Å². The zero-order chi connectivity index (χ0) is 21.8. The Morgan fingerprint density at radius 3 is 2.37 bits per heavy atom. The van der Waals surface area contributed by atoms with Crippen LogP contribution in [0.1, 0.15) is 37.7 Å². The third kappa shape index (κ3) is 5.73. The Hall–Kier alpha value is -1.65. The number of hydrogen-bond acceptors (Lipinski definition) is 4. The van der Waals surface area contributed by atoms with Gasteiger partial charge in [0.15, 0.2) is 0 Å². The summed E-state index contributed by atoms with van der Waals surface area (Å²) in [6.45, 7) is 3.73. The van der Waals surface area contributed by atoms with Gasteiger partial charge >= 0.3 is 6.18 Å². The van der Waals surface area contributed by atoms with Crippen molar-refractivity contribution in [2.24, 2.45) is 5.92 Å². The molecule has 1 aromatic rings. The summed E-state index contributed by atoms with van der Waals surface area (Å²) in [4.78, 5) is 14.4. The summed E-state index contributed by atoms with van der Waals surface area (Å²) in [6, 6.07) is 3.77. The highest BCUT2D eigenvalue weighted by atomic mass is 32.2. The van der Waals surface area contributed by atoms with E-state index in [0.29, 0.717) is 25.5 Å². The molecule has 2 heterocycles. The van der Waals surface area contributed by atoms with Gasteiger partial charge in [-0.05, 0) is 57.0 Å². The highest BCUT2D eigenvalue weighted by Crippen LogP contribution is 2.32. The number of sulfonamides is 1. The molecule has 0 saturated carbocycles. The zero-order valence-corrected chi connectivity index (χ0v) is 17.6. The lowest BCUT2D eigenvalue weighted by atomic mass is 9.97. The molecule has 0 bridgehead atoms. The lowest BCUT2D eigenvalue weighted by Crippen LogP contribution is -2.44. The van der Waals surface area contributed by atoms with Crippen LogP contribution in [0, 0.1) is 5.92 Å². The first-order valence-corrected chi connectivity index (χ1v) is 11.8. The summed E-state index contributed by atoms with van der Waals surface area (Å²) in [6.07, 6.45) is -0.267. The highest BCUT2D eigenvalue weighted by molar-refractivity contribution is 7.89. The standard InChI is InChI=1S/C20H28F3N3O3S/c21-20(22,23)17-5-4-6-18(15-17)30(28,29)26-12-7-16(8-13-26)19(27)24-9-14-25-10-2-1-3-11-25/h4-6,15-16H,1-3,7-14H2,(H,24,27). The van der Waals surface area contributed by atoms with Crippen molar-refractivity contribution in [2.45, 2.75) is 43.2 Å². The minimum absolute atomic E-state index is 0.0804. The lowest BCUT2D eigenvalue weighted by molar-refractivity contribution is -0.137. The zero-order valence-electron chi connectivity index (χ0n) is 16.8. The van der Waals surface area contributed by atoms with Crippen molar-refractivity contribution in [3.8, 4) is 0 Å². The second-order valence-electron chi connectivity index (χ2n) is 7.90. The second-order valence-corrected chi connectivity index (χ2v) is 9.84. The molecule has 6 nitrogen and oxygen atoms in total. The van der Waals surface area contributed by atoms with Crippen molar-refractivity contribution >= 4 is 15.9 Å². The van der Waals surface area contributed by atoms with Crippen LogP contribution in [-0.2, 0) is 21.0 Å². The van der Waals surface area contributed by atoms with Gasteiger partial charge in [0.2, 0.25) is 15.9 Å². The van der Waals surface area contributed by atoms with Crippen molar-refractivity contribution in [1.82, 2.24) is 14.5 Å². The molecule has 0 unspecified atom stereocenters. The summed E-state index contributed by atoms with van der Waals surface area (Å²) < 4.78 is 65.4. The van der Waals surface area contributed by atoms with E-state index in [1.165, 1.54) is 29.6 Å². The molecule has 0 radical (unpaired) electrons. The number of carbonyl (C=O) groups is 1. The fraction of sp³-hybridized carbons (Fsp3) is 0.650. The van der Waals surface area contributed by atoms with Gasteiger partial charge in [-0.1, -0.05) is 12.5 Å². The number of halogens is 3. The Morgan fingerprint density at radius 1 is 1.07 bits per heavy atom. The van der Waals surface area contributed by atoms with E-state index in [0.717, 1.165) is 31.8 Å². The van der Waals surface area contributed by atoms with E-state index in [1.54, 1.807) is 0 Å². The Morgan fingerprint density at radius 2 is 1.73 bits per heavy atom. The molecule has 168 valence electrons. The number of hydrogen-bond donors (Lipinski definition) is 1. The molecule has 10 heteroatoms. The molecular formula is C20H28F3N3O3S. The molecule has 0 atom stereocenters. The average molecular weight is 448 g/mol. The van der Waals surface area contributed by atoms with Gasteiger partial charge in [0.1, 0.15) is 0 Å². The maximum absolute atomic E-state index is 12.9. The van der Waals surface area contributed by atoms with Crippen LogP contribution in [0.15, 0.2) is 29.2 Å². The largest absolute Gasteiger partial charge is 0.416 e. The van der Waals surface area contributed by atoms with Gasteiger partial charge in [0.05, 0.1) is 10.5 Å². The molecular weight excluding hydrogens is 419 g/mol. The summed E-state index contributed by atoms with van der Waals surface area (Å²) in [7, 11) is -4.03. The molecule has 1 aromatic carbocycles. The number of rotatable bonds is 6. The molecule has 0 spiro atoms. The number of carbonyl (C=O) groups excluding carboxylic acids is 1. The number of nitrogens with zero attached hydrogens (tertiary/aromatic N) is 2. The minimum Gasteiger partial charge on any atom is -0.355 e. The summed E-state index contributed by atoms with van der Waals surface area (Å²) in [5.74, 6) is -0.359. The van der Waals surface area contributed by atoms with Gasteiger partial charge in [-0.2, -0.15) is 17.5 Å². The first-order chi connectivity index (χ1) is 14.2. The Labute approximate surface area is 175 Å². The maximum Gasteiger partial charge on any atom is 0.416 e. The Balaban J connectivity index is 1.51. The topological polar surface area (TPSA) is 69.7 Å². The average Bonchev–Trinajstić information content (AvgIpc) is 2.74. The molecule has 30 heavy (non-hydrogen) atoms. The molecule has 0 aromatic heterocycles. The molecule has 2 aliphatic rings. The smallest absolute Gasteiger partial charge is 0.355 e. The van der Waals surface area contributed by atoms with Crippen molar-refractivity contribution < 1.29 is 26.4 Å². The van der Waals surface area contributed by atoms with E-state index in [2.05, 4.69) is 10.2 Å². The minimum atomic E-state index is -4.61. The molecule has 1 N–H and O–H groups in total. The summed E-state index contributed by atoms with van der Waals surface area (Å²) in [5, 5.41) is 2.94. The van der Waals surface area contributed by atoms with Crippen molar-refractivity contribution in [1.29, 1.82) is 0 Å². The molecule has 2 fully saturated rings. The van der Waals surface area contributed by atoms with Crippen LogP contribution in [0.5, 0.6) is 0 Å². The van der Waals surface area contributed by atoms with Crippen LogP contribution in [0.3, 0.4) is 0 Å². The monoisotopic (exact) mass is 447 g/mol. The summed E-state index contributed by atoms with van der Waals surface area (Å²) >= 11 is 0. The first-order valence-electron chi connectivity index (χ1n) is 10.4. The SMILES string of the molecule is O=C(NCCN1CCCCC1)C1CCN(S(=O)(=O)c2cccc(C(F)(F)F)c2)CC1. The van der Waals surface area contributed by atoms with Crippen LogP contribution < -0.4 is 5.32 Å². The first kappa shape index (κ1) is 23.0. The van der Waals surface area contributed by atoms with E-state index in [4.69, 9.17) is 0 Å². The predicted octanol–water partition coefficient (Wildman–Crippen LogP) is 2.71. The Bertz CT molecular complexity index is 831. The lowest BCUT2D eigenvalue weighted by Gasteiger charge is -2.31. The number of nitrogens with one attached hydrogen (secondary N) is 1. The number of likely N-dealkylation sites (tertiary alicyclic amines) is 1. The fourth-order valence-electron chi connectivity index (χ4n) is 4.00. The van der Waals surface area contributed by atoms with Crippen molar-refractivity contribution in [3.63, 3.8) is 0 Å².